The number of rotatable bonds is 4. The Kier molecular flexibility index (Phi) is 6.93. The molecule has 0 atom stereocenters. The fourth-order valence-corrected chi connectivity index (χ4v) is 6.39. The van der Waals surface area contributed by atoms with Gasteiger partial charge in [-0.05, 0) is 69.0 Å². The molecular formula is C29H37N3O4. The minimum absolute atomic E-state index is 0.0159. The summed E-state index contributed by atoms with van der Waals surface area (Å²) in [7, 11) is 1.68. The molecule has 0 aromatic heterocycles. The molecule has 3 aliphatic rings. The van der Waals surface area contributed by atoms with Crippen molar-refractivity contribution < 1.29 is 19.1 Å². The van der Waals surface area contributed by atoms with Crippen LogP contribution in [0, 0.1) is 0 Å². The van der Waals surface area contributed by atoms with Crippen molar-refractivity contribution in [2.45, 2.75) is 51.0 Å². The first-order valence-electron chi connectivity index (χ1n) is 13.2. The second kappa shape index (κ2) is 10.1. The molecular weight excluding hydrogens is 454 g/mol. The molecule has 7 heteroatoms. The number of likely N-dealkylation sites (tertiary alicyclic amines) is 2. The van der Waals surface area contributed by atoms with E-state index in [1.807, 2.05) is 34.9 Å². The molecule has 0 N–H and O–H groups in total. The molecule has 192 valence electrons. The van der Waals surface area contributed by atoms with Crippen molar-refractivity contribution in [3.63, 3.8) is 0 Å². The maximum atomic E-state index is 12.8. The molecule has 1 spiro atoms. The summed E-state index contributed by atoms with van der Waals surface area (Å²) in [5, 5.41) is 0. The van der Waals surface area contributed by atoms with Crippen molar-refractivity contribution in [3.8, 4) is 16.9 Å². The normalized spacial score (nSPS) is 19.9. The van der Waals surface area contributed by atoms with Crippen LogP contribution in [-0.4, -0.2) is 74.3 Å². The van der Waals surface area contributed by atoms with E-state index in [0.717, 1.165) is 81.0 Å². The number of hydrogen-bond acceptors (Lipinski definition) is 5. The predicted molar refractivity (Wildman–Crippen MR) is 141 cm³/mol. The average molecular weight is 492 g/mol. The molecule has 0 radical (unpaired) electrons. The van der Waals surface area contributed by atoms with Crippen molar-refractivity contribution in [1.82, 2.24) is 9.80 Å². The van der Waals surface area contributed by atoms with Crippen molar-refractivity contribution in [3.05, 3.63) is 48.0 Å². The third kappa shape index (κ3) is 4.45. The lowest BCUT2D eigenvalue weighted by atomic mass is 9.73. The molecule has 36 heavy (non-hydrogen) atoms. The van der Waals surface area contributed by atoms with Crippen molar-refractivity contribution >= 4 is 17.7 Å². The Labute approximate surface area is 214 Å². The number of fused-ring (bicyclic) bond motifs is 2. The lowest BCUT2D eigenvalue weighted by molar-refractivity contribution is -0.116. The molecule has 2 aromatic rings. The molecule has 7 nitrogen and oxygen atoms in total. The van der Waals surface area contributed by atoms with Crippen molar-refractivity contribution in [2.24, 2.45) is 0 Å². The first kappa shape index (κ1) is 24.6. The number of ether oxygens (including phenoxy) is 2. The quantitative estimate of drug-likeness (QED) is 0.621. The Morgan fingerprint density at radius 3 is 2.42 bits per heavy atom. The zero-order valence-corrected chi connectivity index (χ0v) is 21.7. The third-order valence-electron chi connectivity index (χ3n) is 8.36. The van der Waals surface area contributed by atoms with Gasteiger partial charge in [0.1, 0.15) is 5.75 Å². The van der Waals surface area contributed by atoms with Gasteiger partial charge < -0.3 is 24.2 Å². The van der Waals surface area contributed by atoms with Gasteiger partial charge in [-0.1, -0.05) is 30.3 Å². The summed E-state index contributed by atoms with van der Waals surface area (Å²) in [6, 6.07) is 15.1. The molecule has 0 bridgehead atoms. The highest BCUT2D eigenvalue weighted by molar-refractivity contribution is 6.00. The van der Waals surface area contributed by atoms with Crippen LogP contribution in [-0.2, 0) is 14.9 Å². The van der Waals surface area contributed by atoms with E-state index >= 15 is 0 Å². The monoisotopic (exact) mass is 491 g/mol. The van der Waals surface area contributed by atoms with Crippen LogP contribution in [0.4, 0.5) is 10.5 Å². The van der Waals surface area contributed by atoms with Crippen LogP contribution in [0.15, 0.2) is 42.5 Å². The number of benzene rings is 2. The van der Waals surface area contributed by atoms with E-state index in [1.54, 1.807) is 14.0 Å². The summed E-state index contributed by atoms with van der Waals surface area (Å²) in [5.41, 5.74) is 4.51. The number of carbonyl (C=O) groups is 2. The lowest BCUT2D eigenvalue weighted by Gasteiger charge is -2.45. The van der Waals surface area contributed by atoms with Gasteiger partial charge in [0.15, 0.2) is 0 Å². The number of hydrogen-bond donors (Lipinski definition) is 0. The standard InChI is InChI=1S/C29H37N3O4/c1-4-36-28(34)31-15-11-23(12-16-31)30-17-13-29(14-18-30)20-32(21(2)33)27-25(9-6-10-26(27)29)22-7-5-8-24(19-22)35-3/h5-10,19,23H,4,11-18,20H2,1-3H3. The Morgan fingerprint density at radius 1 is 1.03 bits per heavy atom. The van der Waals surface area contributed by atoms with Crippen LogP contribution >= 0.6 is 0 Å². The Balaban J connectivity index is 1.35. The number of piperidine rings is 2. The van der Waals surface area contributed by atoms with Gasteiger partial charge in [0, 0.05) is 43.6 Å². The van der Waals surface area contributed by atoms with Crippen LogP contribution in [0.2, 0.25) is 0 Å². The molecule has 3 heterocycles. The number of methoxy groups -OCH3 is 1. The molecule has 3 aliphatic heterocycles. The fraction of sp³-hybridized carbons (Fsp3) is 0.517. The van der Waals surface area contributed by atoms with Crippen LogP contribution in [0.5, 0.6) is 5.75 Å². The van der Waals surface area contributed by atoms with Crippen LogP contribution in [0.1, 0.15) is 45.1 Å². The maximum absolute atomic E-state index is 12.8. The van der Waals surface area contributed by atoms with Gasteiger partial charge in [-0.15, -0.1) is 0 Å². The number of carbonyl (C=O) groups excluding carboxylic acids is 2. The molecule has 2 aromatic carbocycles. The van der Waals surface area contributed by atoms with E-state index in [9.17, 15) is 9.59 Å². The second-order valence-corrected chi connectivity index (χ2v) is 10.3. The van der Waals surface area contributed by atoms with Gasteiger partial charge in [-0.25, -0.2) is 4.79 Å². The molecule has 2 saturated heterocycles. The predicted octanol–water partition coefficient (Wildman–Crippen LogP) is 4.68. The minimum atomic E-state index is -0.188. The van der Waals surface area contributed by atoms with Gasteiger partial charge in [-0.3, -0.25) is 4.79 Å². The number of para-hydroxylation sites is 1. The average Bonchev–Trinajstić information content (AvgIpc) is 3.24. The molecule has 2 fully saturated rings. The molecule has 0 aliphatic carbocycles. The van der Waals surface area contributed by atoms with Gasteiger partial charge in [-0.2, -0.15) is 0 Å². The van der Waals surface area contributed by atoms with Gasteiger partial charge >= 0.3 is 6.09 Å². The summed E-state index contributed by atoms with van der Waals surface area (Å²) in [4.78, 5) is 31.3. The highest BCUT2D eigenvalue weighted by Gasteiger charge is 2.47. The lowest BCUT2D eigenvalue weighted by Crippen LogP contribution is -2.52. The first-order chi connectivity index (χ1) is 17.5. The Hall–Kier alpha value is -3.06. The van der Waals surface area contributed by atoms with E-state index in [0.29, 0.717) is 12.6 Å². The molecule has 0 saturated carbocycles. The van der Waals surface area contributed by atoms with Crippen molar-refractivity contribution in [2.75, 3.05) is 51.3 Å². The zero-order valence-electron chi connectivity index (χ0n) is 21.7. The number of anilines is 1. The smallest absolute Gasteiger partial charge is 0.409 e. The van der Waals surface area contributed by atoms with E-state index in [1.165, 1.54) is 5.56 Å². The Bertz CT molecular complexity index is 1120. The highest BCUT2D eigenvalue weighted by atomic mass is 16.6. The topological polar surface area (TPSA) is 62.3 Å². The summed E-state index contributed by atoms with van der Waals surface area (Å²) < 4.78 is 10.6. The molecule has 2 amide bonds. The van der Waals surface area contributed by atoms with E-state index in [-0.39, 0.29) is 17.4 Å². The summed E-state index contributed by atoms with van der Waals surface area (Å²) >= 11 is 0. The summed E-state index contributed by atoms with van der Waals surface area (Å²) in [6.07, 6.45) is 3.85. The van der Waals surface area contributed by atoms with E-state index in [2.05, 4.69) is 29.2 Å². The van der Waals surface area contributed by atoms with Crippen LogP contribution in [0.25, 0.3) is 11.1 Å². The second-order valence-electron chi connectivity index (χ2n) is 10.3. The van der Waals surface area contributed by atoms with E-state index < -0.39 is 0 Å². The summed E-state index contributed by atoms with van der Waals surface area (Å²) in [5.74, 6) is 0.909. The molecule has 5 rings (SSSR count). The van der Waals surface area contributed by atoms with Gasteiger partial charge in [0.25, 0.3) is 0 Å². The fourth-order valence-electron chi connectivity index (χ4n) is 6.39. The van der Waals surface area contributed by atoms with Crippen LogP contribution in [0.3, 0.4) is 0 Å². The third-order valence-corrected chi connectivity index (χ3v) is 8.36. The first-order valence-corrected chi connectivity index (χ1v) is 13.2. The van der Waals surface area contributed by atoms with Gasteiger partial charge in [0.05, 0.1) is 19.4 Å². The summed E-state index contributed by atoms with van der Waals surface area (Å²) in [6.45, 7) is 8.24. The highest BCUT2D eigenvalue weighted by Crippen LogP contribution is 2.51. The number of nitrogens with zero attached hydrogens (tertiary/aromatic N) is 3. The number of amides is 2. The van der Waals surface area contributed by atoms with Crippen molar-refractivity contribution in [1.29, 1.82) is 0 Å². The largest absolute Gasteiger partial charge is 0.497 e. The van der Waals surface area contributed by atoms with Crippen LogP contribution < -0.4 is 9.64 Å². The van der Waals surface area contributed by atoms with E-state index in [4.69, 9.17) is 9.47 Å². The SMILES string of the molecule is CCOC(=O)N1CCC(N2CCC3(CC2)CN(C(C)=O)c2c(-c4cccc(OC)c4)cccc23)CC1. The Morgan fingerprint density at radius 2 is 1.75 bits per heavy atom. The zero-order chi connectivity index (χ0) is 25.3. The minimum Gasteiger partial charge on any atom is -0.497 e. The molecule has 0 unspecified atom stereocenters. The maximum Gasteiger partial charge on any atom is 0.409 e. The van der Waals surface area contributed by atoms with Gasteiger partial charge in [0.2, 0.25) is 5.91 Å².